The molecule has 4 nitrogen and oxygen atoms in total. The summed E-state index contributed by atoms with van der Waals surface area (Å²) in [5.41, 5.74) is 10.0. The van der Waals surface area contributed by atoms with Crippen molar-refractivity contribution < 1.29 is 0 Å². The maximum absolute atomic E-state index is 6.34. The molecular formula is C15H20N4. The molecule has 0 saturated heterocycles. The molecule has 0 aliphatic heterocycles. The van der Waals surface area contributed by atoms with Crippen molar-refractivity contribution in [1.82, 2.24) is 14.8 Å². The molecule has 2 aromatic heterocycles. The van der Waals surface area contributed by atoms with E-state index in [1.165, 1.54) is 11.3 Å². The van der Waals surface area contributed by atoms with Gasteiger partial charge in [0, 0.05) is 17.8 Å². The summed E-state index contributed by atoms with van der Waals surface area (Å²) in [5, 5.41) is 4.65. The predicted octanol–water partition coefficient (Wildman–Crippen LogP) is 2.55. The van der Waals surface area contributed by atoms with Crippen LogP contribution < -0.4 is 5.73 Å². The van der Waals surface area contributed by atoms with Crippen molar-refractivity contribution in [1.29, 1.82) is 0 Å². The molecule has 19 heavy (non-hydrogen) atoms. The molecule has 0 spiro atoms. The van der Waals surface area contributed by atoms with Crippen LogP contribution in [0.15, 0.2) is 24.4 Å². The lowest BCUT2D eigenvalue weighted by molar-refractivity contribution is 0.277. The van der Waals surface area contributed by atoms with Crippen molar-refractivity contribution in [2.75, 3.05) is 0 Å². The third-order valence-corrected chi connectivity index (χ3v) is 3.86. The van der Waals surface area contributed by atoms with Gasteiger partial charge in [0.15, 0.2) is 5.82 Å². The van der Waals surface area contributed by atoms with E-state index in [2.05, 4.69) is 23.9 Å². The van der Waals surface area contributed by atoms with Crippen molar-refractivity contribution in [2.24, 2.45) is 11.1 Å². The summed E-state index contributed by atoms with van der Waals surface area (Å²) >= 11 is 0. The van der Waals surface area contributed by atoms with Gasteiger partial charge in [0.25, 0.3) is 0 Å². The molecule has 1 aliphatic rings. The molecule has 0 fully saturated rings. The minimum absolute atomic E-state index is 0.0798. The van der Waals surface area contributed by atoms with Crippen molar-refractivity contribution >= 4 is 0 Å². The van der Waals surface area contributed by atoms with Crippen LogP contribution in [0.2, 0.25) is 0 Å². The summed E-state index contributed by atoms with van der Waals surface area (Å²) in [6.45, 7) is 6.57. The number of nitrogens with zero attached hydrogens (tertiary/aromatic N) is 3. The normalized spacial score (nSPS) is 21.2. The van der Waals surface area contributed by atoms with Crippen molar-refractivity contribution in [3.63, 3.8) is 0 Å². The Kier molecular flexibility index (Phi) is 2.71. The molecule has 2 aromatic rings. The van der Waals surface area contributed by atoms with Gasteiger partial charge in [-0.2, -0.15) is 5.10 Å². The first-order chi connectivity index (χ1) is 8.98. The number of hydrogen-bond donors (Lipinski definition) is 1. The molecule has 0 amide bonds. The van der Waals surface area contributed by atoms with Crippen LogP contribution in [0.1, 0.15) is 43.3 Å². The highest BCUT2D eigenvalue weighted by molar-refractivity contribution is 5.37. The van der Waals surface area contributed by atoms with Gasteiger partial charge in [-0.3, -0.25) is 0 Å². The molecule has 1 aliphatic carbocycles. The monoisotopic (exact) mass is 256 g/mol. The summed E-state index contributed by atoms with van der Waals surface area (Å²) < 4.78 is 1.96. The Morgan fingerprint density at radius 1 is 1.37 bits per heavy atom. The van der Waals surface area contributed by atoms with Crippen LogP contribution in [0.3, 0.4) is 0 Å². The summed E-state index contributed by atoms with van der Waals surface area (Å²) in [4.78, 5) is 4.40. The summed E-state index contributed by atoms with van der Waals surface area (Å²) in [6.07, 6.45) is 3.80. The van der Waals surface area contributed by atoms with E-state index in [9.17, 15) is 0 Å². The van der Waals surface area contributed by atoms with Crippen LogP contribution in [0.5, 0.6) is 0 Å². The molecular weight excluding hydrogens is 236 g/mol. The quantitative estimate of drug-likeness (QED) is 0.853. The van der Waals surface area contributed by atoms with Crippen LogP contribution in [0.4, 0.5) is 0 Å². The zero-order valence-electron chi connectivity index (χ0n) is 11.7. The Hall–Kier alpha value is -1.68. The Morgan fingerprint density at radius 2 is 2.16 bits per heavy atom. The Morgan fingerprint density at radius 3 is 2.84 bits per heavy atom. The first-order valence-corrected chi connectivity index (χ1v) is 6.73. The number of hydrogen-bond acceptors (Lipinski definition) is 3. The second kappa shape index (κ2) is 4.17. The Balaban J connectivity index is 2.17. The molecule has 0 aromatic carbocycles. The fraction of sp³-hybridized carbons (Fsp3) is 0.467. The maximum atomic E-state index is 6.34. The number of nitrogens with two attached hydrogens (primary N) is 1. The van der Waals surface area contributed by atoms with Crippen molar-refractivity contribution in [3.8, 4) is 5.82 Å². The lowest BCUT2D eigenvalue weighted by Gasteiger charge is -2.34. The average Bonchev–Trinajstić information content (AvgIpc) is 2.66. The van der Waals surface area contributed by atoms with Crippen LogP contribution in [-0.4, -0.2) is 14.8 Å². The van der Waals surface area contributed by atoms with E-state index in [1.807, 2.05) is 29.8 Å². The maximum Gasteiger partial charge on any atom is 0.153 e. The standard InChI is InChI=1S/C15H20N4/c1-10-14-11(16)8-15(2,3)9-12(14)19(18-10)13-6-4-5-7-17-13/h4-7,11H,8-9,16H2,1-3H3/t11-/m0/s1. The van der Waals surface area contributed by atoms with Gasteiger partial charge in [-0.1, -0.05) is 19.9 Å². The molecule has 1 atom stereocenters. The summed E-state index contributed by atoms with van der Waals surface area (Å²) in [6, 6.07) is 5.97. The number of rotatable bonds is 1. The Labute approximate surface area is 113 Å². The first-order valence-electron chi connectivity index (χ1n) is 6.73. The molecule has 0 saturated carbocycles. The molecule has 100 valence electrons. The van der Waals surface area contributed by atoms with Crippen LogP contribution >= 0.6 is 0 Å². The van der Waals surface area contributed by atoms with E-state index in [4.69, 9.17) is 5.73 Å². The Bertz CT molecular complexity index is 598. The second-order valence-electron chi connectivity index (χ2n) is 6.20. The summed E-state index contributed by atoms with van der Waals surface area (Å²) in [5.74, 6) is 0.872. The minimum Gasteiger partial charge on any atom is -0.324 e. The first kappa shape index (κ1) is 12.4. The van der Waals surface area contributed by atoms with Crippen molar-refractivity contribution in [2.45, 2.75) is 39.7 Å². The third-order valence-electron chi connectivity index (χ3n) is 3.86. The van der Waals surface area contributed by atoms with Gasteiger partial charge in [-0.15, -0.1) is 0 Å². The molecule has 0 bridgehead atoms. The van der Waals surface area contributed by atoms with E-state index in [1.54, 1.807) is 6.20 Å². The largest absolute Gasteiger partial charge is 0.324 e. The summed E-state index contributed by atoms with van der Waals surface area (Å²) in [7, 11) is 0. The molecule has 2 N–H and O–H groups in total. The smallest absolute Gasteiger partial charge is 0.153 e. The van der Waals surface area contributed by atoms with Crippen LogP contribution in [-0.2, 0) is 6.42 Å². The van der Waals surface area contributed by atoms with Gasteiger partial charge in [0.05, 0.1) is 11.4 Å². The fourth-order valence-electron chi connectivity index (χ4n) is 3.13. The molecule has 0 radical (unpaired) electrons. The highest BCUT2D eigenvalue weighted by Crippen LogP contribution is 2.41. The van der Waals surface area contributed by atoms with Crippen molar-refractivity contribution in [3.05, 3.63) is 41.3 Å². The molecule has 0 unspecified atom stereocenters. The van der Waals surface area contributed by atoms with Crippen LogP contribution in [0.25, 0.3) is 5.82 Å². The number of pyridine rings is 1. The zero-order chi connectivity index (χ0) is 13.6. The zero-order valence-corrected chi connectivity index (χ0v) is 11.7. The van der Waals surface area contributed by atoms with E-state index in [-0.39, 0.29) is 11.5 Å². The number of fused-ring (bicyclic) bond motifs is 1. The minimum atomic E-state index is 0.0798. The van der Waals surface area contributed by atoms with E-state index < -0.39 is 0 Å². The predicted molar refractivity (Wildman–Crippen MR) is 75.1 cm³/mol. The van der Waals surface area contributed by atoms with Gasteiger partial charge in [-0.05, 0) is 37.3 Å². The second-order valence-corrected chi connectivity index (χ2v) is 6.20. The average molecular weight is 256 g/mol. The topological polar surface area (TPSA) is 56.7 Å². The van der Waals surface area contributed by atoms with E-state index in [0.717, 1.165) is 24.4 Å². The third kappa shape index (κ3) is 2.06. The number of aryl methyl sites for hydroxylation is 1. The molecule has 4 heteroatoms. The lowest BCUT2D eigenvalue weighted by atomic mass is 9.74. The highest BCUT2D eigenvalue weighted by Gasteiger charge is 2.35. The number of aromatic nitrogens is 3. The fourth-order valence-corrected chi connectivity index (χ4v) is 3.13. The van der Waals surface area contributed by atoms with Gasteiger partial charge < -0.3 is 5.73 Å². The van der Waals surface area contributed by atoms with Gasteiger partial charge in [-0.25, -0.2) is 9.67 Å². The highest BCUT2D eigenvalue weighted by atomic mass is 15.3. The van der Waals surface area contributed by atoms with Gasteiger partial charge in [0.2, 0.25) is 0 Å². The van der Waals surface area contributed by atoms with Crippen LogP contribution in [0, 0.1) is 12.3 Å². The van der Waals surface area contributed by atoms with Gasteiger partial charge >= 0.3 is 0 Å². The van der Waals surface area contributed by atoms with E-state index >= 15 is 0 Å². The molecule has 3 rings (SSSR count). The SMILES string of the molecule is Cc1nn(-c2ccccn2)c2c1[C@@H](N)CC(C)(C)C2. The van der Waals surface area contributed by atoms with Gasteiger partial charge in [0.1, 0.15) is 0 Å². The van der Waals surface area contributed by atoms with E-state index in [0.29, 0.717) is 0 Å². The lowest BCUT2D eigenvalue weighted by Crippen LogP contribution is -2.30. The molecule has 2 heterocycles.